The normalized spacial score (nSPS) is 11.4. The standard InChI is InChI=1S/C3H4N4O4S/c4-12(10,11)3-5-1-2(6-3)7(8)9/h1H,(H,5,6)(H2,4,10,11). The van der Waals surface area contributed by atoms with E-state index in [1.807, 2.05) is 4.98 Å². The molecular weight excluding hydrogens is 188 g/mol. The smallest absolute Gasteiger partial charge is 0.341 e. The van der Waals surface area contributed by atoms with Crippen LogP contribution < -0.4 is 5.14 Å². The van der Waals surface area contributed by atoms with Crippen LogP contribution in [0, 0.1) is 10.1 Å². The number of aromatic nitrogens is 2. The Labute approximate surface area is 66.6 Å². The zero-order chi connectivity index (χ0) is 9.35. The van der Waals surface area contributed by atoms with Crippen LogP contribution in [-0.2, 0) is 10.0 Å². The number of primary sulfonamides is 1. The van der Waals surface area contributed by atoms with Gasteiger partial charge in [-0.3, -0.25) is 0 Å². The first-order valence-electron chi connectivity index (χ1n) is 2.63. The summed E-state index contributed by atoms with van der Waals surface area (Å²) < 4.78 is 21.1. The lowest BCUT2D eigenvalue weighted by Gasteiger charge is -1.86. The number of hydrogen-bond acceptors (Lipinski definition) is 5. The van der Waals surface area contributed by atoms with Gasteiger partial charge < -0.3 is 10.1 Å². The highest BCUT2D eigenvalue weighted by Crippen LogP contribution is 2.08. The molecule has 0 atom stereocenters. The molecule has 3 N–H and O–H groups in total. The topological polar surface area (TPSA) is 132 Å². The first kappa shape index (κ1) is 8.62. The van der Waals surface area contributed by atoms with E-state index in [2.05, 4.69) is 10.1 Å². The highest BCUT2D eigenvalue weighted by atomic mass is 32.2. The fraction of sp³-hybridized carbons (Fsp3) is 0. The van der Waals surface area contributed by atoms with Crippen LogP contribution in [0.3, 0.4) is 0 Å². The predicted octanol–water partition coefficient (Wildman–Crippen LogP) is -1.03. The summed E-state index contributed by atoms with van der Waals surface area (Å²) in [6.45, 7) is 0. The van der Waals surface area contributed by atoms with Crippen molar-refractivity contribution in [2.75, 3.05) is 0 Å². The maximum Gasteiger partial charge on any atom is 0.341 e. The van der Waals surface area contributed by atoms with E-state index in [1.54, 1.807) is 0 Å². The minimum atomic E-state index is -3.99. The molecule has 0 unspecified atom stereocenters. The monoisotopic (exact) mass is 192 g/mol. The van der Waals surface area contributed by atoms with E-state index in [0.717, 1.165) is 6.20 Å². The van der Waals surface area contributed by atoms with Crippen molar-refractivity contribution in [3.05, 3.63) is 16.3 Å². The molecule has 0 aliphatic heterocycles. The molecule has 0 saturated heterocycles. The summed E-state index contributed by atoms with van der Waals surface area (Å²) in [6, 6.07) is 0. The van der Waals surface area contributed by atoms with Crippen molar-refractivity contribution >= 4 is 15.8 Å². The minimum Gasteiger partial charge on any atom is -0.358 e. The van der Waals surface area contributed by atoms with E-state index in [1.165, 1.54) is 0 Å². The molecule has 0 fully saturated rings. The highest BCUT2D eigenvalue weighted by molar-refractivity contribution is 7.89. The Bertz CT molecular complexity index is 406. The number of hydrogen-bond donors (Lipinski definition) is 2. The molecule has 1 heterocycles. The van der Waals surface area contributed by atoms with Crippen molar-refractivity contribution in [3.63, 3.8) is 0 Å². The summed E-state index contributed by atoms with van der Waals surface area (Å²) in [4.78, 5) is 14.4. The second kappa shape index (κ2) is 2.53. The number of nitrogens with zero attached hydrogens (tertiary/aromatic N) is 2. The van der Waals surface area contributed by atoms with Crippen molar-refractivity contribution in [1.82, 2.24) is 9.97 Å². The van der Waals surface area contributed by atoms with Crippen LogP contribution in [0.5, 0.6) is 0 Å². The highest BCUT2D eigenvalue weighted by Gasteiger charge is 2.19. The Morgan fingerprint density at radius 3 is 2.50 bits per heavy atom. The lowest BCUT2D eigenvalue weighted by Crippen LogP contribution is -2.13. The van der Waals surface area contributed by atoms with Gasteiger partial charge in [0.15, 0.2) is 0 Å². The maximum absolute atomic E-state index is 10.5. The van der Waals surface area contributed by atoms with Gasteiger partial charge in [0.05, 0.1) is 0 Å². The Morgan fingerprint density at radius 1 is 1.67 bits per heavy atom. The molecule has 12 heavy (non-hydrogen) atoms. The van der Waals surface area contributed by atoms with Gasteiger partial charge in [-0.2, -0.15) is 4.98 Å². The van der Waals surface area contributed by atoms with Crippen molar-refractivity contribution in [2.45, 2.75) is 5.16 Å². The zero-order valence-corrected chi connectivity index (χ0v) is 6.41. The lowest BCUT2D eigenvalue weighted by molar-refractivity contribution is -0.389. The fourth-order valence-electron chi connectivity index (χ4n) is 0.531. The first-order chi connectivity index (χ1) is 5.41. The predicted molar refractivity (Wildman–Crippen MR) is 36.6 cm³/mol. The van der Waals surface area contributed by atoms with Crippen LogP contribution in [0.2, 0.25) is 0 Å². The van der Waals surface area contributed by atoms with E-state index in [9.17, 15) is 18.5 Å². The molecular formula is C3H4N4O4S. The molecule has 0 aliphatic carbocycles. The van der Waals surface area contributed by atoms with Crippen LogP contribution in [0.4, 0.5) is 5.82 Å². The zero-order valence-electron chi connectivity index (χ0n) is 5.59. The number of imidazole rings is 1. The van der Waals surface area contributed by atoms with Crippen LogP contribution in [0.15, 0.2) is 11.4 Å². The molecule has 0 aliphatic rings. The van der Waals surface area contributed by atoms with Crippen molar-refractivity contribution < 1.29 is 13.3 Å². The van der Waals surface area contributed by atoms with Gasteiger partial charge in [0.2, 0.25) is 0 Å². The van der Waals surface area contributed by atoms with Gasteiger partial charge in [-0.15, -0.1) is 0 Å². The molecule has 9 heteroatoms. The molecule has 1 aromatic rings. The van der Waals surface area contributed by atoms with Gasteiger partial charge in [0.1, 0.15) is 6.20 Å². The summed E-state index contributed by atoms with van der Waals surface area (Å²) >= 11 is 0. The average Bonchev–Trinajstić information content (AvgIpc) is 2.30. The fourth-order valence-corrected chi connectivity index (χ4v) is 0.978. The summed E-state index contributed by atoms with van der Waals surface area (Å²) in [5.41, 5.74) is 0. The Morgan fingerprint density at radius 2 is 2.25 bits per heavy atom. The third kappa shape index (κ3) is 1.57. The van der Waals surface area contributed by atoms with Crippen LogP contribution in [-0.4, -0.2) is 23.3 Å². The quantitative estimate of drug-likeness (QED) is 0.456. The molecule has 0 amide bonds. The Balaban J connectivity index is 3.17. The summed E-state index contributed by atoms with van der Waals surface area (Å²) in [5.74, 6) is -0.515. The minimum absolute atomic E-state index is 0.515. The summed E-state index contributed by atoms with van der Waals surface area (Å²) in [6.07, 6.45) is 0.778. The molecule has 0 bridgehead atoms. The van der Waals surface area contributed by atoms with Crippen LogP contribution in [0.1, 0.15) is 0 Å². The van der Waals surface area contributed by atoms with Gasteiger partial charge in [0, 0.05) is 0 Å². The largest absolute Gasteiger partial charge is 0.358 e. The lowest BCUT2D eigenvalue weighted by atomic mass is 10.8. The Kier molecular flexibility index (Phi) is 1.82. The molecule has 0 radical (unpaired) electrons. The summed E-state index contributed by atoms with van der Waals surface area (Å²) in [5, 5.41) is 14.0. The third-order valence-electron chi connectivity index (χ3n) is 1.01. The molecule has 66 valence electrons. The van der Waals surface area contributed by atoms with Crippen LogP contribution in [0.25, 0.3) is 0 Å². The number of nitrogens with two attached hydrogens (primary N) is 1. The average molecular weight is 192 g/mol. The number of nitro groups is 1. The van der Waals surface area contributed by atoms with Gasteiger partial charge in [0.25, 0.3) is 10.0 Å². The van der Waals surface area contributed by atoms with Crippen LogP contribution >= 0.6 is 0 Å². The first-order valence-corrected chi connectivity index (χ1v) is 4.18. The maximum atomic E-state index is 10.5. The molecule has 0 saturated carbocycles. The van der Waals surface area contributed by atoms with Crippen molar-refractivity contribution in [2.24, 2.45) is 5.14 Å². The van der Waals surface area contributed by atoms with E-state index in [-0.39, 0.29) is 0 Å². The number of rotatable bonds is 2. The van der Waals surface area contributed by atoms with Crippen molar-refractivity contribution in [1.29, 1.82) is 0 Å². The second-order valence-electron chi connectivity index (χ2n) is 1.88. The van der Waals surface area contributed by atoms with Crippen molar-refractivity contribution in [3.8, 4) is 0 Å². The van der Waals surface area contributed by atoms with E-state index in [4.69, 9.17) is 0 Å². The molecule has 1 aromatic heterocycles. The number of nitrogens with one attached hydrogen (secondary N) is 1. The Hall–Kier alpha value is -1.48. The SMILES string of the molecule is NS(=O)(=O)c1ncc([N+](=O)[O-])[nH]1. The van der Waals surface area contributed by atoms with E-state index in [0.29, 0.717) is 0 Å². The summed E-state index contributed by atoms with van der Waals surface area (Å²) in [7, 11) is -3.99. The number of aromatic amines is 1. The van der Waals surface area contributed by atoms with E-state index >= 15 is 0 Å². The van der Waals surface area contributed by atoms with Gasteiger partial charge >= 0.3 is 11.0 Å². The molecule has 8 nitrogen and oxygen atoms in total. The van der Waals surface area contributed by atoms with Gasteiger partial charge in [-0.1, -0.05) is 0 Å². The number of H-pyrrole nitrogens is 1. The molecule has 1 rings (SSSR count). The molecule has 0 aromatic carbocycles. The number of sulfonamides is 1. The van der Waals surface area contributed by atoms with Gasteiger partial charge in [-0.05, 0) is 4.92 Å². The molecule has 0 spiro atoms. The third-order valence-corrected chi connectivity index (χ3v) is 1.75. The van der Waals surface area contributed by atoms with Gasteiger partial charge in [-0.25, -0.2) is 18.5 Å². The van der Waals surface area contributed by atoms with E-state index < -0.39 is 25.9 Å². The second-order valence-corrected chi connectivity index (χ2v) is 3.35.